The van der Waals surface area contributed by atoms with Crippen molar-refractivity contribution in [3.8, 4) is 0 Å². The second kappa shape index (κ2) is 7.69. The Bertz CT molecular complexity index is 844. The zero-order chi connectivity index (χ0) is 20.5. The number of likely N-dealkylation sites (tertiary alicyclic amines) is 1. The average Bonchev–Trinajstić information content (AvgIpc) is 3.23. The van der Waals surface area contributed by atoms with Gasteiger partial charge in [0.15, 0.2) is 0 Å². The van der Waals surface area contributed by atoms with E-state index in [4.69, 9.17) is 0 Å². The van der Waals surface area contributed by atoms with Gasteiger partial charge in [0.05, 0.1) is 11.6 Å². The Morgan fingerprint density at radius 3 is 2.61 bits per heavy atom. The minimum atomic E-state index is -4.42. The van der Waals surface area contributed by atoms with Crippen molar-refractivity contribution in [3.05, 3.63) is 41.2 Å². The SMILES string of the molecule is CC(C)(C)c1nsc(NC(CN2CCCC2=O)c2cccc(C(F)(F)F)c2)n1. The Labute approximate surface area is 166 Å². The van der Waals surface area contributed by atoms with E-state index in [-0.39, 0.29) is 17.9 Å². The predicted octanol–water partition coefficient (Wildman–Crippen LogP) is 4.63. The molecule has 1 amide bonds. The monoisotopic (exact) mass is 412 g/mol. The third kappa shape index (κ3) is 4.81. The van der Waals surface area contributed by atoms with Crippen molar-refractivity contribution in [1.82, 2.24) is 14.3 Å². The van der Waals surface area contributed by atoms with Gasteiger partial charge in [-0.3, -0.25) is 4.79 Å². The molecule has 1 aromatic heterocycles. The molecule has 1 saturated heterocycles. The summed E-state index contributed by atoms with van der Waals surface area (Å²) >= 11 is 1.17. The summed E-state index contributed by atoms with van der Waals surface area (Å²) in [6.07, 6.45) is -3.18. The van der Waals surface area contributed by atoms with Crippen LogP contribution >= 0.6 is 11.5 Å². The smallest absolute Gasteiger partial charge is 0.352 e. The van der Waals surface area contributed by atoms with Gasteiger partial charge in [0.1, 0.15) is 5.82 Å². The molecule has 0 saturated carbocycles. The second-order valence-corrected chi connectivity index (χ2v) is 8.69. The highest BCUT2D eigenvalue weighted by Gasteiger charge is 2.32. The van der Waals surface area contributed by atoms with E-state index in [1.165, 1.54) is 17.6 Å². The summed E-state index contributed by atoms with van der Waals surface area (Å²) in [4.78, 5) is 18.2. The molecule has 0 radical (unpaired) electrons. The summed E-state index contributed by atoms with van der Waals surface area (Å²) in [5.74, 6) is 0.687. The lowest BCUT2D eigenvalue weighted by atomic mass is 9.96. The first kappa shape index (κ1) is 20.6. The number of carbonyl (C=O) groups is 1. The third-order valence-electron chi connectivity index (χ3n) is 4.59. The molecule has 1 atom stereocenters. The van der Waals surface area contributed by atoms with Gasteiger partial charge in [0.2, 0.25) is 11.0 Å². The van der Waals surface area contributed by atoms with Gasteiger partial charge < -0.3 is 10.2 Å². The molecule has 0 aliphatic carbocycles. The third-order valence-corrected chi connectivity index (χ3v) is 5.23. The number of anilines is 1. The summed E-state index contributed by atoms with van der Waals surface area (Å²) in [6.45, 7) is 6.87. The molecular weight excluding hydrogens is 389 g/mol. The molecule has 5 nitrogen and oxygen atoms in total. The summed E-state index contributed by atoms with van der Waals surface area (Å²) in [5.41, 5.74) is -0.480. The van der Waals surface area contributed by atoms with Crippen molar-refractivity contribution in [2.24, 2.45) is 0 Å². The number of amides is 1. The van der Waals surface area contributed by atoms with E-state index in [9.17, 15) is 18.0 Å². The fourth-order valence-electron chi connectivity index (χ4n) is 3.02. The molecule has 1 unspecified atom stereocenters. The number of rotatable bonds is 5. The van der Waals surface area contributed by atoms with Crippen LogP contribution in [-0.2, 0) is 16.4 Å². The van der Waals surface area contributed by atoms with Gasteiger partial charge >= 0.3 is 6.18 Å². The number of benzene rings is 1. The predicted molar refractivity (Wildman–Crippen MR) is 102 cm³/mol. The van der Waals surface area contributed by atoms with E-state index in [0.717, 1.165) is 18.6 Å². The van der Waals surface area contributed by atoms with Crippen LogP contribution in [0.3, 0.4) is 0 Å². The Hall–Kier alpha value is -2.16. The van der Waals surface area contributed by atoms with Gasteiger partial charge in [-0.05, 0) is 24.1 Å². The molecule has 1 aliphatic rings. The lowest BCUT2D eigenvalue weighted by Crippen LogP contribution is -2.32. The standard InChI is InChI=1S/C19H23F3N4OS/c1-18(2,3)16-24-17(28-25-16)23-14(11-26-9-5-8-15(26)27)12-6-4-7-13(10-12)19(20,21)22/h4,6-7,10,14H,5,8-9,11H2,1-3H3,(H,23,24,25). The Morgan fingerprint density at radius 2 is 2.04 bits per heavy atom. The van der Waals surface area contributed by atoms with Gasteiger partial charge in [-0.2, -0.15) is 17.5 Å². The van der Waals surface area contributed by atoms with Crippen LogP contribution in [0.4, 0.5) is 18.3 Å². The quantitative estimate of drug-likeness (QED) is 0.778. The van der Waals surface area contributed by atoms with Crippen LogP contribution in [0.15, 0.2) is 24.3 Å². The number of carbonyl (C=O) groups excluding carboxylic acids is 1. The van der Waals surface area contributed by atoms with Gasteiger partial charge in [-0.25, -0.2) is 4.98 Å². The number of aromatic nitrogens is 2. The van der Waals surface area contributed by atoms with E-state index >= 15 is 0 Å². The Kier molecular flexibility index (Phi) is 5.65. The molecule has 28 heavy (non-hydrogen) atoms. The first-order chi connectivity index (χ1) is 13.0. The fourth-order valence-corrected chi connectivity index (χ4v) is 3.83. The number of halogens is 3. The van der Waals surface area contributed by atoms with Crippen molar-refractivity contribution in [2.75, 3.05) is 18.4 Å². The van der Waals surface area contributed by atoms with E-state index in [2.05, 4.69) is 14.7 Å². The molecule has 9 heteroatoms. The topological polar surface area (TPSA) is 58.1 Å². The average molecular weight is 412 g/mol. The van der Waals surface area contributed by atoms with Crippen molar-refractivity contribution < 1.29 is 18.0 Å². The van der Waals surface area contributed by atoms with E-state index in [1.54, 1.807) is 11.0 Å². The second-order valence-electron chi connectivity index (χ2n) is 7.94. The number of alkyl halides is 3. The molecule has 2 aromatic rings. The number of nitrogens with one attached hydrogen (secondary N) is 1. The summed E-state index contributed by atoms with van der Waals surface area (Å²) < 4.78 is 43.8. The van der Waals surface area contributed by atoms with Gasteiger partial charge in [0, 0.05) is 36.5 Å². The molecule has 0 bridgehead atoms. The molecule has 152 valence electrons. The summed E-state index contributed by atoms with van der Waals surface area (Å²) in [5, 5.41) is 3.72. The molecule has 3 rings (SSSR count). The molecule has 1 fully saturated rings. The zero-order valence-corrected chi connectivity index (χ0v) is 16.8. The van der Waals surface area contributed by atoms with Crippen LogP contribution in [-0.4, -0.2) is 33.3 Å². The van der Waals surface area contributed by atoms with Crippen LogP contribution in [0.5, 0.6) is 0 Å². The zero-order valence-electron chi connectivity index (χ0n) is 16.0. The summed E-state index contributed by atoms with van der Waals surface area (Å²) in [6, 6.07) is 4.69. The van der Waals surface area contributed by atoms with E-state index in [0.29, 0.717) is 29.5 Å². The fraction of sp³-hybridized carbons (Fsp3) is 0.526. The molecular formula is C19H23F3N4OS. The maximum Gasteiger partial charge on any atom is 0.416 e. The highest BCUT2D eigenvalue weighted by Crippen LogP contribution is 2.33. The first-order valence-electron chi connectivity index (χ1n) is 9.10. The van der Waals surface area contributed by atoms with Crippen LogP contribution in [0.1, 0.15) is 56.6 Å². The minimum Gasteiger partial charge on any atom is -0.352 e. The maximum absolute atomic E-state index is 13.2. The number of hydrogen-bond acceptors (Lipinski definition) is 5. The van der Waals surface area contributed by atoms with Crippen LogP contribution in [0.2, 0.25) is 0 Å². The van der Waals surface area contributed by atoms with Crippen LogP contribution in [0, 0.1) is 0 Å². The molecule has 0 spiro atoms. The minimum absolute atomic E-state index is 0.0198. The van der Waals surface area contributed by atoms with Crippen LogP contribution in [0.25, 0.3) is 0 Å². The van der Waals surface area contributed by atoms with Gasteiger partial charge in [0.25, 0.3) is 0 Å². The summed E-state index contributed by atoms with van der Waals surface area (Å²) in [7, 11) is 0. The molecule has 2 heterocycles. The molecule has 1 aliphatic heterocycles. The van der Waals surface area contributed by atoms with Crippen molar-refractivity contribution in [3.63, 3.8) is 0 Å². The number of nitrogens with zero attached hydrogens (tertiary/aromatic N) is 3. The van der Waals surface area contributed by atoms with Crippen molar-refractivity contribution in [1.29, 1.82) is 0 Å². The molecule has 1 N–H and O–H groups in total. The lowest BCUT2D eigenvalue weighted by molar-refractivity contribution is -0.137. The van der Waals surface area contributed by atoms with Crippen molar-refractivity contribution in [2.45, 2.75) is 51.2 Å². The first-order valence-corrected chi connectivity index (χ1v) is 9.87. The molecule has 1 aromatic carbocycles. The Morgan fingerprint density at radius 1 is 1.29 bits per heavy atom. The van der Waals surface area contributed by atoms with Crippen molar-refractivity contribution >= 4 is 22.6 Å². The maximum atomic E-state index is 13.2. The lowest BCUT2D eigenvalue weighted by Gasteiger charge is -2.25. The van der Waals surface area contributed by atoms with Gasteiger partial charge in [-0.15, -0.1) is 0 Å². The Balaban J connectivity index is 1.89. The van der Waals surface area contributed by atoms with E-state index in [1.807, 2.05) is 20.8 Å². The number of hydrogen-bond donors (Lipinski definition) is 1. The van der Waals surface area contributed by atoms with Gasteiger partial charge in [-0.1, -0.05) is 32.9 Å². The van der Waals surface area contributed by atoms with Crippen LogP contribution < -0.4 is 5.32 Å². The highest BCUT2D eigenvalue weighted by molar-refractivity contribution is 7.09. The highest BCUT2D eigenvalue weighted by atomic mass is 32.1. The normalized spacial score (nSPS) is 16.5. The van der Waals surface area contributed by atoms with E-state index < -0.39 is 17.8 Å². The largest absolute Gasteiger partial charge is 0.416 e.